The highest BCUT2D eigenvalue weighted by atomic mass is 79.9. The van der Waals surface area contributed by atoms with Crippen molar-refractivity contribution in [3.8, 4) is 0 Å². The number of hydrogen-bond donors (Lipinski definition) is 0. The van der Waals surface area contributed by atoms with Crippen LogP contribution in [0.2, 0.25) is 5.15 Å². The molecule has 0 aliphatic heterocycles. The van der Waals surface area contributed by atoms with Crippen molar-refractivity contribution in [2.45, 2.75) is 6.43 Å². The van der Waals surface area contributed by atoms with E-state index in [0.29, 0.717) is 0 Å². The van der Waals surface area contributed by atoms with Crippen molar-refractivity contribution in [2.75, 3.05) is 0 Å². The third-order valence-electron chi connectivity index (χ3n) is 1.41. The van der Waals surface area contributed by atoms with Gasteiger partial charge in [-0.15, -0.1) is 0 Å². The molecule has 0 unspecified atom stereocenters. The second kappa shape index (κ2) is 4.51. The van der Waals surface area contributed by atoms with E-state index in [1.165, 1.54) is 0 Å². The molecule has 0 radical (unpaired) electrons. The smallest absolute Gasteiger partial charge is 0.267 e. The molecule has 1 aromatic heterocycles. The lowest BCUT2D eigenvalue weighted by Gasteiger charge is -2.07. The molecular weight excluding hydrogens is 303 g/mol. The van der Waals surface area contributed by atoms with E-state index >= 15 is 0 Å². The van der Waals surface area contributed by atoms with E-state index in [1.807, 2.05) is 0 Å². The van der Waals surface area contributed by atoms with Crippen LogP contribution in [0.4, 0.5) is 8.78 Å². The molecule has 76 valence electrons. The molecule has 1 aromatic rings. The summed E-state index contributed by atoms with van der Waals surface area (Å²) in [5.41, 5.74) is -0.886. The average molecular weight is 305 g/mol. The van der Waals surface area contributed by atoms with Crippen LogP contribution in [-0.4, -0.2) is 10.2 Å². The van der Waals surface area contributed by atoms with Crippen LogP contribution in [0, 0.1) is 0 Å². The van der Waals surface area contributed by atoms with Gasteiger partial charge in [0, 0.05) is 5.56 Å². The maximum atomic E-state index is 12.5. The Kier molecular flexibility index (Phi) is 3.80. The predicted octanol–water partition coefficient (Wildman–Crippen LogP) is 3.81. The zero-order valence-corrected chi connectivity index (χ0v) is 9.50. The normalized spacial score (nSPS) is 10.7. The summed E-state index contributed by atoms with van der Waals surface area (Å²) in [6, 6.07) is 1.00. The Balaban J connectivity index is 3.44. The molecule has 2 nitrogen and oxygen atoms in total. The molecule has 0 spiro atoms. The number of aromatic nitrogens is 1. The summed E-state index contributed by atoms with van der Waals surface area (Å²) in [4.78, 5) is 14.3. The van der Waals surface area contributed by atoms with E-state index < -0.39 is 17.2 Å². The number of nitrogens with zero attached hydrogens (tertiary/aromatic N) is 1. The third kappa shape index (κ3) is 2.40. The molecule has 14 heavy (non-hydrogen) atoms. The fourth-order valence-corrected chi connectivity index (χ4v) is 1.89. The third-order valence-corrected chi connectivity index (χ3v) is 2.41. The Hall–Kier alpha value is -0.260. The first-order chi connectivity index (χ1) is 6.43. The fourth-order valence-electron chi connectivity index (χ4n) is 0.864. The summed E-state index contributed by atoms with van der Waals surface area (Å²) < 4.78 is 24.7. The number of alkyl halides is 2. The molecule has 0 aromatic carbocycles. The maximum absolute atomic E-state index is 12.5. The van der Waals surface area contributed by atoms with E-state index in [1.54, 1.807) is 0 Å². The SMILES string of the molecule is O=C(Cl)c1cc(Cl)nc(Br)c1C(F)F. The number of rotatable bonds is 2. The van der Waals surface area contributed by atoms with Crippen molar-refractivity contribution in [1.29, 1.82) is 0 Å². The minimum absolute atomic E-state index is 0.0784. The van der Waals surface area contributed by atoms with E-state index in [-0.39, 0.29) is 15.3 Å². The number of pyridine rings is 1. The van der Waals surface area contributed by atoms with Gasteiger partial charge in [-0.25, -0.2) is 13.8 Å². The summed E-state index contributed by atoms with van der Waals surface area (Å²) in [7, 11) is 0. The van der Waals surface area contributed by atoms with Crippen LogP contribution in [-0.2, 0) is 0 Å². The second-order valence-electron chi connectivity index (χ2n) is 2.27. The van der Waals surface area contributed by atoms with E-state index in [2.05, 4.69) is 20.9 Å². The van der Waals surface area contributed by atoms with E-state index in [0.717, 1.165) is 6.07 Å². The van der Waals surface area contributed by atoms with E-state index in [9.17, 15) is 13.6 Å². The number of carbonyl (C=O) groups is 1. The van der Waals surface area contributed by atoms with Crippen LogP contribution >= 0.6 is 39.1 Å². The quantitative estimate of drug-likeness (QED) is 0.614. The maximum Gasteiger partial charge on any atom is 0.267 e. The van der Waals surface area contributed by atoms with Gasteiger partial charge in [-0.2, -0.15) is 0 Å². The van der Waals surface area contributed by atoms with E-state index in [4.69, 9.17) is 23.2 Å². The molecule has 0 fully saturated rings. The van der Waals surface area contributed by atoms with Crippen molar-refractivity contribution in [2.24, 2.45) is 0 Å². The van der Waals surface area contributed by atoms with Crippen molar-refractivity contribution >= 4 is 44.4 Å². The summed E-state index contributed by atoms with van der Waals surface area (Å²) in [6.07, 6.45) is -2.84. The molecular formula is C7H2BrCl2F2NO. The predicted molar refractivity (Wildman–Crippen MR) is 52.1 cm³/mol. The standard InChI is InChI=1S/C7H2BrCl2F2NO/c8-5-4(7(11)12)2(6(10)14)1-3(9)13-5/h1,7H. The monoisotopic (exact) mass is 303 g/mol. The van der Waals surface area contributed by atoms with Gasteiger partial charge in [0.05, 0.1) is 5.56 Å². The topological polar surface area (TPSA) is 30.0 Å². The van der Waals surface area contributed by atoms with Gasteiger partial charge in [0.1, 0.15) is 9.76 Å². The van der Waals surface area contributed by atoms with Crippen molar-refractivity contribution < 1.29 is 13.6 Å². The van der Waals surface area contributed by atoms with Gasteiger partial charge in [0.25, 0.3) is 11.7 Å². The highest BCUT2D eigenvalue weighted by molar-refractivity contribution is 9.10. The van der Waals surface area contributed by atoms with Crippen LogP contribution in [0.5, 0.6) is 0 Å². The molecule has 0 N–H and O–H groups in total. The highest BCUT2D eigenvalue weighted by Crippen LogP contribution is 2.31. The molecule has 1 heterocycles. The first kappa shape index (κ1) is 11.8. The Bertz CT molecular complexity index is 386. The minimum Gasteiger partial charge on any atom is -0.276 e. The first-order valence-corrected chi connectivity index (χ1v) is 4.82. The molecule has 1 rings (SSSR count). The number of hydrogen-bond acceptors (Lipinski definition) is 2. The zero-order valence-electron chi connectivity index (χ0n) is 6.40. The van der Waals surface area contributed by atoms with Crippen LogP contribution in [0.15, 0.2) is 10.7 Å². The Labute approximate surface area is 96.3 Å². The molecule has 0 atom stereocenters. The Morgan fingerprint density at radius 1 is 1.57 bits per heavy atom. The Morgan fingerprint density at radius 2 is 2.14 bits per heavy atom. The molecule has 0 amide bonds. The van der Waals surface area contributed by atoms with Crippen LogP contribution in [0.25, 0.3) is 0 Å². The van der Waals surface area contributed by atoms with Gasteiger partial charge in [0.15, 0.2) is 0 Å². The molecule has 0 aliphatic rings. The second-order valence-corrected chi connectivity index (χ2v) is 3.75. The zero-order chi connectivity index (χ0) is 10.9. The van der Waals surface area contributed by atoms with Crippen LogP contribution in [0.1, 0.15) is 22.3 Å². The van der Waals surface area contributed by atoms with Crippen molar-refractivity contribution in [3.63, 3.8) is 0 Å². The number of halogens is 5. The summed E-state index contributed by atoms with van der Waals surface area (Å²) in [5, 5.41) is -1.07. The van der Waals surface area contributed by atoms with Gasteiger partial charge in [0.2, 0.25) is 0 Å². The van der Waals surface area contributed by atoms with Gasteiger partial charge in [-0.3, -0.25) is 4.79 Å². The lowest BCUT2D eigenvalue weighted by molar-refractivity contribution is 0.106. The van der Waals surface area contributed by atoms with Crippen molar-refractivity contribution in [1.82, 2.24) is 4.98 Å². The molecule has 7 heteroatoms. The largest absolute Gasteiger partial charge is 0.276 e. The average Bonchev–Trinajstić information content (AvgIpc) is 2.01. The molecule has 0 bridgehead atoms. The lowest BCUT2D eigenvalue weighted by atomic mass is 10.1. The van der Waals surface area contributed by atoms with Gasteiger partial charge >= 0.3 is 0 Å². The van der Waals surface area contributed by atoms with Gasteiger partial charge in [-0.1, -0.05) is 11.6 Å². The fraction of sp³-hybridized carbons (Fsp3) is 0.143. The molecule has 0 aliphatic carbocycles. The summed E-state index contributed by atoms with van der Waals surface area (Å²) >= 11 is 13.4. The molecule has 0 saturated carbocycles. The van der Waals surface area contributed by atoms with Crippen LogP contribution < -0.4 is 0 Å². The lowest BCUT2D eigenvalue weighted by Crippen LogP contribution is -2.01. The van der Waals surface area contributed by atoms with Crippen LogP contribution in [0.3, 0.4) is 0 Å². The molecule has 0 saturated heterocycles. The summed E-state index contributed by atoms with van der Waals surface area (Å²) in [6.45, 7) is 0. The first-order valence-electron chi connectivity index (χ1n) is 3.27. The Morgan fingerprint density at radius 3 is 2.57 bits per heavy atom. The number of carbonyl (C=O) groups excluding carboxylic acids is 1. The minimum atomic E-state index is -2.84. The van der Waals surface area contributed by atoms with Gasteiger partial charge < -0.3 is 0 Å². The van der Waals surface area contributed by atoms with Crippen molar-refractivity contribution in [3.05, 3.63) is 26.9 Å². The highest BCUT2D eigenvalue weighted by Gasteiger charge is 2.22. The summed E-state index contributed by atoms with van der Waals surface area (Å²) in [5.74, 6) is 0. The van der Waals surface area contributed by atoms with Gasteiger partial charge in [-0.05, 0) is 33.6 Å².